The molecule has 0 unspecified atom stereocenters. The Bertz CT molecular complexity index is 634. The van der Waals surface area contributed by atoms with E-state index >= 15 is 0 Å². The molecule has 2 rings (SSSR count). The van der Waals surface area contributed by atoms with Gasteiger partial charge in [0.25, 0.3) is 5.79 Å². The summed E-state index contributed by atoms with van der Waals surface area (Å²) in [6.45, 7) is 1.25. The lowest BCUT2D eigenvalue weighted by molar-refractivity contribution is -0.241. The summed E-state index contributed by atoms with van der Waals surface area (Å²) in [7, 11) is 2.74. The second kappa shape index (κ2) is 7.11. The van der Waals surface area contributed by atoms with E-state index in [4.69, 9.17) is 18.9 Å². The van der Waals surface area contributed by atoms with E-state index in [9.17, 15) is 9.59 Å². The molecular weight excluding hydrogens is 300 g/mol. The molecule has 2 atom stereocenters. The van der Waals surface area contributed by atoms with E-state index < -0.39 is 23.8 Å². The third kappa shape index (κ3) is 3.78. The molecule has 1 aliphatic rings. The highest BCUT2D eigenvalue weighted by atomic mass is 16.7. The Balaban J connectivity index is 2.42. The average Bonchev–Trinajstić information content (AvgIpc) is 2.55. The van der Waals surface area contributed by atoms with Gasteiger partial charge in [-0.25, -0.2) is 4.79 Å². The van der Waals surface area contributed by atoms with Crippen LogP contribution in [0.2, 0.25) is 0 Å². The van der Waals surface area contributed by atoms with Crippen LogP contribution in [0.5, 0.6) is 0 Å². The highest BCUT2D eigenvalue weighted by Crippen LogP contribution is 2.33. The number of rotatable bonds is 5. The van der Waals surface area contributed by atoms with Gasteiger partial charge in [-0.1, -0.05) is 36.4 Å². The van der Waals surface area contributed by atoms with Gasteiger partial charge in [-0.3, -0.25) is 4.79 Å². The van der Waals surface area contributed by atoms with Crippen molar-refractivity contribution >= 4 is 18.0 Å². The maximum atomic E-state index is 11.8. The molecule has 122 valence electrons. The molecule has 0 bridgehead atoms. The molecule has 0 spiro atoms. The first kappa shape index (κ1) is 16.8. The summed E-state index contributed by atoms with van der Waals surface area (Å²) in [6, 6.07) is 9.38. The van der Waals surface area contributed by atoms with Gasteiger partial charge in [0.1, 0.15) is 0 Å². The predicted octanol–water partition coefficient (Wildman–Crippen LogP) is 2.06. The van der Waals surface area contributed by atoms with Crippen molar-refractivity contribution in [1.82, 2.24) is 0 Å². The zero-order valence-electron chi connectivity index (χ0n) is 13.1. The largest absolute Gasteiger partial charge is 0.497 e. The average molecular weight is 318 g/mol. The van der Waals surface area contributed by atoms with Crippen LogP contribution in [0.1, 0.15) is 12.5 Å². The van der Waals surface area contributed by atoms with Crippen LogP contribution in [-0.4, -0.2) is 38.0 Å². The van der Waals surface area contributed by atoms with E-state index in [-0.39, 0.29) is 5.76 Å². The van der Waals surface area contributed by atoms with Crippen LogP contribution in [0, 0.1) is 0 Å². The highest BCUT2D eigenvalue weighted by molar-refractivity contribution is 5.85. The van der Waals surface area contributed by atoms with E-state index in [0.29, 0.717) is 0 Å². The lowest BCUT2D eigenvalue weighted by atomic mass is 10.0. The first-order chi connectivity index (χ1) is 11.0. The Morgan fingerprint density at radius 1 is 1.26 bits per heavy atom. The summed E-state index contributed by atoms with van der Waals surface area (Å²) in [5, 5.41) is 0. The molecule has 0 N–H and O–H groups in total. The molecule has 0 amide bonds. The molecule has 0 saturated heterocycles. The molecule has 1 heterocycles. The van der Waals surface area contributed by atoms with Crippen molar-refractivity contribution in [3.63, 3.8) is 0 Å². The molecular formula is C17H18O6. The number of esters is 2. The fourth-order valence-electron chi connectivity index (χ4n) is 2.22. The normalized spacial score (nSPS) is 24.0. The van der Waals surface area contributed by atoms with E-state index in [0.717, 1.165) is 11.6 Å². The molecule has 23 heavy (non-hydrogen) atoms. The van der Waals surface area contributed by atoms with Crippen molar-refractivity contribution in [3.8, 4) is 0 Å². The second-order valence-corrected chi connectivity index (χ2v) is 4.83. The Labute approximate surface area is 134 Å². The monoisotopic (exact) mass is 318 g/mol. The third-order valence-corrected chi connectivity index (χ3v) is 3.29. The zero-order chi connectivity index (χ0) is 16.9. The molecule has 6 heteroatoms. The lowest BCUT2D eigenvalue weighted by Gasteiger charge is -2.38. The Hall–Kier alpha value is -2.60. The molecule has 0 radical (unpaired) electrons. The Kier molecular flexibility index (Phi) is 5.18. The molecule has 0 aliphatic carbocycles. The fourth-order valence-corrected chi connectivity index (χ4v) is 2.22. The number of cyclic esters (lactones) is 1. The Morgan fingerprint density at radius 2 is 1.96 bits per heavy atom. The molecule has 1 aromatic carbocycles. The van der Waals surface area contributed by atoms with E-state index in [1.807, 2.05) is 30.3 Å². The zero-order valence-corrected chi connectivity index (χ0v) is 13.1. The van der Waals surface area contributed by atoms with Crippen molar-refractivity contribution < 1.29 is 28.5 Å². The van der Waals surface area contributed by atoms with Crippen molar-refractivity contribution in [2.45, 2.75) is 18.8 Å². The van der Waals surface area contributed by atoms with Crippen LogP contribution in [0.3, 0.4) is 0 Å². The molecule has 0 saturated carbocycles. The van der Waals surface area contributed by atoms with Gasteiger partial charge in [-0.2, -0.15) is 0 Å². The van der Waals surface area contributed by atoms with Gasteiger partial charge in [0.05, 0.1) is 13.2 Å². The van der Waals surface area contributed by atoms with Gasteiger partial charge < -0.3 is 18.9 Å². The van der Waals surface area contributed by atoms with Gasteiger partial charge in [-0.05, 0) is 11.6 Å². The number of hydrogen-bond donors (Lipinski definition) is 0. The highest BCUT2D eigenvalue weighted by Gasteiger charge is 2.49. The Morgan fingerprint density at radius 3 is 2.52 bits per heavy atom. The smallest absolute Gasteiger partial charge is 0.337 e. The lowest BCUT2D eigenvalue weighted by Crippen LogP contribution is -2.52. The van der Waals surface area contributed by atoms with Gasteiger partial charge >= 0.3 is 11.9 Å². The SMILES string of the molecule is COC1=CC(=O)O[C@](C=Cc2ccccc2)(OC)[C@H]1OC(C)=O. The first-order valence-corrected chi connectivity index (χ1v) is 6.96. The van der Waals surface area contributed by atoms with Gasteiger partial charge in [0.15, 0.2) is 5.76 Å². The number of benzene rings is 1. The molecule has 0 aromatic heterocycles. The van der Waals surface area contributed by atoms with Gasteiger partial charge in [0, 0.05) is 14.0 Å². The van der Waals surface area contributed by atoms with Crippen LogP contribution in [0.4, 0.5) is 0 Å². The van der Waals surface area contributed by atoms with Crippen molar-refractivity contribution in [3.05, 3.63) is 53.8 Å². The summed E-state index contributed by atoms with van der Waals surface area (Å²) in [6.07, 6.45) is 3.33. The van der Waals surface area contributed by atoms with E-state index in [2.05, 4.69) is 0 Å². The quantitative estimate of drug-likeness (QED) is 0.774. The van der Waals surface area contributed by atoms with Crippen molar-refractivity contribution in [1.29, 1.82) is 0 Å². The number of ether oxygens (including phenoxy) is 4. The van der Waals surface area contributed by atoms with Crippen LogP contribution in [-0.2, 0) is 28.5 Å². The minimum absolute atomic E-state index is 0.149. The van der Waals surface area contributed by atoms with Gasteiger partial charge in [-0.15, -0.1) is 0 Å². The van der Waals surface area contributed by atoms with Crippen LogP contribution in [0.15, 0.2) is 48.2 Å². The van der Waals surface area contributed by atoms with Crippen molar-refractivity contribution in [2.75, 3.05) is 14.2 Å². The number of carbonyl (C=O) groups is 2. The number of hydrogen-bond acceptors (Lipinski definition) is 6. The summed E-state index contributed by atoms with van der Waals surface area (Å²) < 4.78 is 21.1. The van der Waals surface area contributed by atoms with E-state index in [1.165, 1.54) is 27.2 Å². The summed E-state index contributed by atoms with van der Waals surface area (Å²) in [5.41, 5.74) is 0.870. The van der Waals surface area contributed by atoms with Crippen LogP contribution in [0.25, 0.3) is 6.08 Å². The van der Waals surface area contributed by atoms with Gasteiger partial charge in [0.2, 0.25) is 6.10 Å². The molecule has 1 aliphatic heterocycles. The number of methoxy groups -OCH3 is 2. The maximum absolute atomic E-state index is 11.8. The van der Waals surface area contributed by atoms with Crippen LogP contribution < -0.4 is 0 Å². The standard InChI is InChI=1S/C17H18O6/c1-12(18)22-16-14(20-2)11-15(19)23-17(16,21-3)10-9-13-7-5-4-6-8-13/h4-11,16H,1-3H3/t16-,17-/m0/s1. The second-order valence-electron chi connectivity index (χ2n) is 4.83. The fraction of sp³-hybridized carbons (Fsp3) is 0.294. The molecule has 0 fully saturated rings. The minimum atomic E-state index is -1.60. The molecule has 1 aromatic rings. The molecule has 6 nitrogen and oxygen atoms in total. The van der Waals surface area contributed by atoms with Crippen LogP contribution >= 0.6 is 0 Å². The third-order valence-electron chi connectivity index (χ3n) is 3.29. The first-order valence-electron chi connectivity index (χ1n) is 6.96. The predicted molar refractivity (Wildman–Crippen MR) is 82.0 cm³/mol. The topological polar surface area (TPSA) is 71.1 Å². The summed E-state index contributed by atoms with van der Waals surface area (Å²) in [5.74, 6) is -2.65. The summed E-state index contributed by atoms with van der Waals surface area (Å²) >= 11 is 0. The van der Waals surface area contributed by atoms with Crippen molar-refractivity contribution in [2.24, 2.45) is 0 Å². The minimum Gasteiger partial charge on any atom is -0.497 e. The number of carbonyl (C=O) groups excluding carboxylic acids is 2. The maximum Gasteiger partial charge on any atom is 0.337 e. The summed E-state index contributed by atoms with van der Waals surface area (Å²) in [4.78, 5) is 23.2. The van der Waals surface area contributed by atoms with E-state index in [1.54, 1.807) is 6.08 Å².